The molecule has 9 nitrogen and oxygen atoms in total. The van der Waals surface area contributed by atoms with Crippen molar-refractivity contribution in [3.05, 3.63) is 47.1 Å². The number of H-pyrrole nitrogens is 1. The zero-order chi connectivity index (χ0) is 23.2. The SMILES string of the molecule is CC(C)CCOC(=O)NC(NC(=O)c1cnc(N2CCNCC2)s1)c1c[nH]c2ccccc12. The molecule has 1 aromatic carbocycles. The lowest BCUT2D eigenvalue weighted by molar-refractivity contribution is 0.0926. The molecule has 4 N–H and O–H groups in total. The number of amides is 2. The van der Waals surface area contributed by atoms with Gasteiger partial charge in [0.25, 0.3) is 5.91 Å². The van der Waals surface area contributed by atoms with E-state index in [0.717, 1.165) is 54.2 Å². The van der Waals surface area contributed by atoms with Crippen LogP contribution in [-0.2, 0) is 4.74 Å². The van der Waals surface area contributed by atoms with Crippen molar-refractivity contribution in [2.45, 2.75) is 26.4 Å². The van der Waals surface area contributed by atoms with Crippen molar-refractivity contribution in [2.75, 3.05) is 37.7 Å². The Labute approximate surface area is 196 Å². The number of nitrogens with one attached hydrogen (secondary N) is 4. The molecule has 3 aromatic rings. The number of benzene rings is 1. The van der Waals surface area contributed by atoms with E-state index in [4.69, 9.17) is 4.74 Å². The number of carbonyl (C=O) groups is 2. The normalized spacial score (nSPS) is 14.9. The van der Waals surface area contributed by atoms with Gasteiger partial charge in [-0.05, 0) is 18.4 Å². The number of aromatic nitrogens is 2. The number of thiazole rings is 1. The third kappa shape index (κ3) is 5.82. The molecule has 1 fully saturated rings. The average Bonchev–Trinajstić information content (AvgIpc) is 3.47. The second kappa shape index (κ2) is 10.7. The van der Waals surface area contributed by atoms with Gasteiger partial charge in [0.1, 0.15) is 11.0 Å². The number of hydrogen-bond donors (Lipinski definition) is 4. The van der Waals surface area contributed by atoms with Crippen LogP contribution >= 0.6 is 11.3 Å². The number of alkyl carbamates (subject to hydrolysis) is 1. The van der Waals surface area contributed by atoms with Crippen LogP contribution in [0.1, 0.15) is 41.7 Å². The Morgan fingerprint density at radius 3 is 2.79 bits per heavy atom. The van der Waals surface area contributed by atoms with Crippen LogP contribution < -0.4 is 20.9 Å². The second-order valence-electron chi connectivity index (χ2n) is 8.40. The fraction of sp³-hybridized carbons (Fsp3) is 0.435. The molecule has 176 valence electrons. The monoisotopic (exact) mass is 470 g/mol. The summed E-state index contributed by atoms with van der Waals surface area (Å²) >= 11 is 1.35. The van der Waals surface area contributed by atoms with E-state index in [1.54, 1.807) is 12.4 Å². The predicted molar refractivity (Wildman–Crippen MR) is 130 cm³/mol. The number of hydrogen-bond acceptors (Lipinski definition) is 7. The summed E-state index contributed by atoms with van der Waals surface area (Å²) in [5, 5.41) is 10.8. The van der Waals surface area contributed by atoms with Crippen molar-refractivity contribution < 1.29 is 14.3 Å². The number of para-hydroxylation sites is 1. The predicted octanol–water partition coefficient (Wildman–Crippen LogP) is 3.23. The molecule has 2 aromatic heterocycles. The highest BCUT2D eigenvalue weighted by Gasteiger charge is 2.24. The quantitative estimate of drug-likeness (QED) is 0.376. The Hall–Kier alpha value is -3.11. The van der Waals surface area contributed by atoms with Gasteiger partial charge in [0.2, 0.25) is 0 Å². The van der Waals surface area contributed by atoms with Gasteiger partial charge in [-0.25, -0.2) is 9.78 Å². The number of aromatic amines is 1. The Bertz CT molecular complexity index is 1090. The minimum Gasteiger partial charge on any atom is -0.450 e. The maximum Gasteiger partial charge on any atom is 0.409 e. The molecular weight excluding hydrogens is 440 g/mol. The average molecular weight is 471 g/mol. The molecule has 0 spiro atoms. The molecule has 3 heterocycles. The van der Waals surface area contributed by atoms with Gasteiger partial charge < -0.3 is 25.3 Å². The summed E-state index contributed by atoms with van der Waals surface area (Å²) in [6, 6.07) is 7.74. The maximum atomic E-state index is 13.1. The van der Waals surface area contributed by atoms with E-state index in [1.807, 2.05) is 24.3 Å². The zero-order valence-corrected chi connectivity index (χ0v) is 19.7. The van der Waals surface area contributed by atoms with Crippen molar-refractivity contribution >= 4 is 39.4 Å². The van der Waals surface area contributed by atoms with Gasteiger partial charge in [-0.2, -0.15) is 0 Å². The highest BCUT2D eigenvalue weighted by molar-refractivity contribution is 7.17. The van der Waals surface area contributed by atoms with Crippen molar-refractivity contribution in [1.82, 2.24) is 25.9 Å². The molecule has 1 aliphatic rings. The van der Waals surface area contributed by atoms with E-state index in [-0.39, 0.29) is 5.91 Å². The highest BCUT2D eigenvalue weighted by Crippen LogP contribution is 2.26. The lowest BCUT2D eigenvalue weighted by Crippen LogP contribution is -2.43. The molecule has 1 atom stereocenters. The first-order valence-corrected chi connectivity index (χ1v) is 12.0. The Morgan fingerprint density at radius 2 is 2.00 bits per heavy atom. The fourth-order valence-corrected chi connectivity index (χ4v) is 4.52. The van der Waals surface area contributed by atoms with Crippen LogP contribution in [0.5, 0.6) is 0 Å². The summed E-state index contributed by atoms with van der Waals surface area (Å²) in [6.07, 6.45) is 2.82. The lowest BCUT2D eigenvalue weighted by Gasteiger charge is -2.26. The van der Waals surface area contributed by atoms with E-state index in [2.05, 4.69) is 44.7 Å². The van der Waals surface area contributed by atoms with Crippen molar-refractivity contribution in [3.63, 3.8) is 0 Å². The molecule has 1 unspecified atom stereocenters. The summed E-state index contributed by atoms with van der Waals surface area (Å²) in [6.45, 7) is 7.96. The summed E-state index contributed by atoms with van der Waals surface area (Å²) < 4.78 is 5.33. The van der Waals surface area contributed by atoms with Crippen LogP contribution in [0.2, 0.25) is 0 Å². The van der Waals surface area contributed by atoms with Crippen molar-refractivity contribution in [2.24, 2.45) is 5.92 Å². The number of piperazine rings is 1. The lowest BCUT2D eigenvalue weighted by atomic mass is 10.1. The Kier molecular flexibility index (Phi) is 7.46. The molecule has 2 amide bonds. The maximum absolute atomic E-state index is 13.1. The summed E-state index contributed by atoms with van der Waals surface area (Å²) in [7, 11) is 0. The van der Waals surface area contributed by atoms with Crippen molar-refractivity contribution in [1.29, 1.82) is 0 Å². The number of ether oxygens (including phenoxy) is 1. The van der Waals surface area contributed by atoms with E-state index in [1.165, 1.54) is 11.3 Å². The van der Waals surface area contributed by atoms with Gasteiger partial charge in [0.15, 0.2) is 5.13 Å². The van der Waals surface area contributed by atoms with Gasteiger partial charge in [-0.1, -0.05) is 43.4 Å². The second-order valence-corrected chi connectivity index (χ2v) is 9.41. The zero-order valence-electron chi connectivity index (χ0n) is 18.9. The number of carbonyl (C=O) groups excluding carboxylic acids is 2. The van der Waals surface area contributed by atoms with Crippen LogP contribution in [0.15, 0.2) is 36.7 Å². The van der Waals surface area contributed by atoms with Gasteiger partial charge in [-0.15, -0.1) is 0 Å². The molecule has 0 aliphatic carbocycles. The first kappa shape index (κ1) is 23.1. The molecular formula is C23H30N6O3S. The molecule has 0 radical (unpaired) electrons. The van der Waals surface area contributed by atoms with E-state index in [9.17, 15) is 9.59 Å². The van der Waals surface area contributed by atoms with Crippen LogP contribution in [0.25, 0.3) is 10.9 Å². The largest absolute Gasteiger partial charge is 0.450 e. The first-order valence-electron chi connectivity index (χ1n) is 11.2. The van der Waals surface area contributed by atoms with Crippen LogP contribution in [0.4, 0.5) is 9.93 Å². The summed E-state index contributed by atoms with van der Waals surface area (Å²) in [5.41, 5.74) is 1.67. The highest BCUT2D eigenvalue weighted by atomic mass is 32.1. The van der Waals surface area contributed by atoms with Gasteiger partial charge >= 0.3 is 6.09 Å². The number of fused-ring (bicyclic) bond motifs is 1. The van der Waals surface area contributed by atoms with Crippen LogP contribution in [0, 0.1) is 5.92 Å². The summed E-state index contributed by atoms with van der Waals surface area (Å²) in [5.74, 6) is 0.129. The summed E-state index contributed by atoms with van der Waals surface area (Å²) in [4.78, 5) is 35.9. The van der Waals surface area contributed by atoms with Crippen LogP contribution in [0.3, 0.4) is 0 Å². The number of anilines is 1. The van der Waals surface area contributed by atoms with Crippen LogP contribution in [-0.4, -0.2) is 54.8 Å². The Morgan fingerprint density at radius 1 is 1.21 bits per heavy atom. The topological polar surface area (TPSA) is 111 Å². The minimum atomic E-state index is -0.759. The molecule has 10 heteroatoms. The van der Waals surface area contributed by atoms with Gasteiger partial charge in [-0.3, -0.25) is 10.1 Å². The van der Waals surface area contributed by atoms with E-state index in [0.29, 0.717) is 17.4 Å². The van der Waals surface area contributed by atoms with Gasteiger partial charge in [0, 0.05) is 48.8 Å². The van der Waals surface area contributed by atoms with Crippen molar-refractivity contribution in [3.8, 4) is 0 Å². The fourth-order valence-electron chi connectivity index (χ4n) is 3.65. The molecule has 33 heavy (non-hydrogen) atoms. The number of nitrogens with zero attached hydrogens (tertiary/aromatic N) is 2. The van der Waals surface area contributed by atoms with Gasteiger partial charge in [0.05, 0.1) is 12.8 Å². The van der Waals surface area contributed by atoms with E-state index < -0.39 is 12.3 Å². The first-order chi connectivity index (χ1) is 16.0. The third-order valence-electron chi connectivity index (χ3n) is 5.50. The minimum absolute atomic E-state index is 0.299. The molecule has 1 aliphatic heterocycles. The molecule has 0 saturated carbocycles. The smallest absolute Gasteiger partial charge is 0.409 e. The standard InChI is InChI=1S/C23H30N6O3S/c1-15(2)7-12-32-23(31)28-20(17-13-25-18-6-4-3-5-16(17)18)27-21(30)19-14-26-22(33-19)29-10-8-24-9-11-29/h3-6,13-15,20,24-25H,7-12H2,1-2H3,(H,27,30)(H,28,31). The number of rotatable bonds is 8. The molecule has 1 saturated heterocycles. The third-order valence-corrected chi connectivity index (χ3v) is 6.56. The molecule has 4 rings (SSSR count). The molecule has 0 bridgehead atoms. The van der Waals surface area contributed by atoms with E-state index >= 15 is 0 Å². The Balaban J connectivity index is 1.50.